The number of hydrogen-bond acceptors (Lipinski definition) is 5. The molecule has 31 heavy (non-hydrogen) atoms. The summed E-state index contributed by atoms with van der Waals surface area (Å²) in [7, 11) is 0. The highest BCUT2D eigenvalue weighted by Gasteiger charge is 2.41. The van der Waals surface area contributed by atoms with Crippen molar-refractivity contribution >= 4 is 39.1 Å². The van der Waals surface area contributed by atoms with E-state index in [-0.39, 0.29) is 30.2 Å². The van der Waals surface area contributed by atoms with Gasteiger partial charge in [0.25, 0.3) is 0 Å². The summed E-state index contributed by atoms with van der Waals surface area (Å²) in [6.45, 7) is 3.56. The van der Waals surface area contributed by atoms with Gasteiger partial charge in [-0.15, -0.1) is 11.3 Å². The lowest BCUT2D eigenvalue weighted by molar-refractivity contribution is -0.136. The minimum absolute atomic E-state index is 0.00441. The Morgan fingerprint density at radius 1 is 1.19 bits per heavy atom. The first-order valence-electron chi connectivity index (χ1n) is 10.8. The third kappa shape index (κ3) is 3.67. The monoisotopic (exact) mass is 435 g/mol. The second-order valence-electron chi connectivity index (χ2n) is 8.02. The van der Waals surface area contributed by atoms with Crippen molar-refractivity contribution in [1.82, 2.24) is 9.88 Å². The molecule has 3 aromatic rings. The number of ether oxygens (including phenoxy) is 1. The van der Waals surface area contributed by atoms with Crippen LogP contribution in [0.25, 0.3) is 10.2 Å². The van der Waals surface area contributed by atoms with Gasteiger partial charge in [0.05, 0.1) is 34.5 Å². The first kappa shape index (κ1) is 20.0. The fourth-order valence-electron chi connectivity index (χ4n) is 4.62. The van der Waals surface area contributed by atoms with Crippen LogP contribution in [0.1, 0.15) is 37.2 Å². The molecule has 2 unspecified atom stereocenters. The maximum Gasteiger partial charge on any atom is 0.228 e. The van der Waals surface area contributed by atoms with E-state index in [4.69, 9.17) is 9.72 Å². The van der Waals surface area contributed by atoms with E-state index in [9.17, 15) is 9.59 Å². The molecule has 0 spiro atoms. The van der Waals surface area contributed by atoms with E-state index in [0.717, 1.165) is 40.3 Å². The van der Waals surface area contributed by atoms with Crippen molar-refractivity contribution < 1.29 is 14.3 Å². The van der Waals surface area contributed by atoms with Gasteiger partial charge in [0.1, 0.15) is 10.8 Å². The molecule has 0 radical (unpaired) electrons. The number of hydrogen-bond donors (Lipinski definition) is 0. The molecule has 3 heterocycles. The first-order valence-corrected chi connectivity index (χ1v) is 11.7. The van der Waals surface area contributed by atoms with E-state index >= 15 is 0 Å². The number of anilines is 1. The zero-order valence-corrected chi connectivity index (χ0v) is 18.3. The number of likely N-dealkylation sites (tertiary alicyclic amines) is 1. The number of benzene rings is 2. The van der Waals surface area contributed by atoms with E-state index < -0.39 is 0 Å². The van der Waals surface area contributed by atoms with E-state index in [1.807, 2.05) is 54.3 Å². The molecule has 160 valence electrons. The molecule has 2 saturated heterocycles. The van der Waals surface area contributed by atoms with Gasteiger partial charge in [-0.05, 0) is 44.0 Å². The lowest BCUT2D eigenvalue weighted by Crippen LogP contribution is -2.37. The second-order valence-corrected chi connectivity index (χ2v) is 9.08. The van der Waals surface area contributed by atoms with Crippen LogP contribution >= 0.6 is 11.3 Å². The van der Waals surface area contributed by atoms with Crippen molar-refractivity contribution in [3.63, 3.8) is 0 Å². The number of carbonyl (C=O) groups excluding carboxylic acids is 2. The number of rotatable bonds is 5. The maximum absolute atomic E-state index is 13.5. The molecule has 2 aliphatic heterocycles. The Balaban J connectivity index is 1.36. The van der Waals surface area contributed by atoms with Crippen molar-refractivity contribution in [2.24, 2.45) is 5.92 Å². The van der Waals surface area contributed by atoms with Crippen molar-refractivity contribution in [1.29, 1.82) is 0 Å². The van der Waals surface area contributed by atoms with Gasteiger partial charge in [0, 0.05) is 19.5 Å². The minimum Gasteiger partial charge on any atom is -0.492 e. The molecule has 0 bridgehead atoms. The lowest BCUT2D eigenvalue weighted by atomic mass is 10.1. The van der Waals surface area contributed by atoms with Gasteiger partial charge in [-0.2, -0.15) is 0 Å². The Morgan fingerprint density at radius 3 is 2.84 bits per heavy atom. The summed E-state index contributed by atoms with van der Waals surface area (Å²) < 4.78 is 6.85. The summed E-state index contributed by atoms with van der Waals surface area (Å²) in [5.74, 6) is 0.380. The fraction of sp³-hybridized carbons (Fsp3) is 0.375. The molecule has 2 fully saturated rings. The topological polar surface area (TPSA) is 62.7 Å². The van der Waals surface area contributed by atoms with Crippen LogP contribution in [0.4, 0.5) is 5.69 Å². The quantitative estimate of drug-likeness (QED) is 0.596. The number of carbonyl (C=O) groups is 2. The third-order valence-corrected chi connectivity index (χ3v) is 7.20. The SMILES string of the molecule is CCOc1ccccc1N1CC(C(=O)N2CCCC2c2nc3ccccc3s2)CC1=O. The molecule has 2 aliphatic rings. The van der Waals surface area contributed by atoms with Gasteiger partial charge in [0.2, 0.25) is 11.8 Å². The molecule has 2 atom stereocenters. The molecule has 2 amide bonds. The number of fused-ring (bicyclic) bond motifs is 1. The number of nitrogens with zero attached hydrogens (tertiary/aromatic N) is 3. The Bertz CT molecular complexity index is 1090. The van der Waals surface area contributed by atoms with Gasteiger partial charge in [0.15, 0.2) is 0 Å². The zero-order valence-electron chi connectivity index (χ0n) is 17.5. The number of aromatic nitrogens is 1. The van der Waals surface area contributed by atoms with Gasteiger partial charge in [-0.25, -0.2) is 4.98 Å². The van der Waals surface area contributed by atoms with Crippen molar-refractivity contribution in [2.75, 3.05) is 24.6 Å². The maximum atomic E-state index is 13.5. The number of para-hydroxylation sites is 3. The lowest BCUT2D eigenvalue weighted by Gasteiger charge is -2.26. The van der Waals surface area contributed by atoms with E-state index in [1.165, 1.54) is 0 Å². The Morgan fingerprint density at radius 2 is 2.00 bits per heavy atom. The molecule has 7 heteroatoms. The van der Waals surface area contributed by atoms with Crippen LogP contribution in [0.2, 0.25) is 0 Å². The molecule has 0 saturated carbocycles. The highest BCUT2D eigenvalue weighted by Crippen LogP contribution is 2.39. The number of thiazole rings is 1. The summed E-state index contributed by atoms with van der Waals surface area (Å²) in [6.07, 6.45) is 2.12. The fourth-order valence-corrected chi connectivity index (χ4v) is 5.73. The van der Waals surface area contributed by atoms with Crippen molar-refractivity contribution in [2.45, 2.75) is 32.2 Å². The Kier molecular flexibility index (Phi) is 5.36. The van der Waals surface area contributed by atoms with Gasteiger partial charge >= 0.3 is 0 Å². The summed E-state index contributed by atoms with van der Waals surface area (Å²) >= 11 is 1.66. The molecule has 1 aromatic heterocycles. The van der Waals surface area contributed by atoms with Crippen LogP contribution in [0.3, 0.4) is 0 Å². The Labute approximate surface area is 185 Å². The van der Waals surface area contributed by atoms with Crippen LogP contribution in [0.5, 0.6) is 5.75 Å². The third-order valence-electron chi connectivity index (χ3n) is 6.06. The molecule has 0 N–H and O–H groups in total. The molecule has 5 rings (SSSR count). The number of amides is 2. The highest BCUT2D eigenvalue weighted by molar-refractivity contribution is 7.18. The van der Waals surface area contributed by atoms with Crippen LogP contribution in [0, 0.1) is 5.92 Å². The predicted molar refractivity (Wildman–Crippen MR) is 121 cm³/mol. The molecular formula is C24H25N3O3S. The zero-order chi connectivity index (χ0) is 21.4. The van der Waals surface area contributed by atoms with E-state index in [2.05, 4.69) is 6.07 Å². The first-order chi connectivity index (χ1) is 15.2. The van der Waals surface area contributed by atoms with E-state index in [1.54, 1.807) is 16.2 Å². The van der Waals surface area contributed by atoms with Crippen LogP contribution in [-0.2, 0) is 9.59 Å². The van der Waals surface area contributed by atoms with E-state index in [0.29, 0.717) is 18.9 Å². The summed E-state index contributed by atoms with van der Waals surface area (Å²) in [4.78, 5) is 34.7. The van der Waals surface area contributed by atoms with Crippen LogP contribution in [0.15, 0.2) is 48.5 Å². The summed E-state index contributed by atoms with van der Waals surface area (Å²) in [5, 5.41) is 0.995. The molecular weight excluding hydrogens is 410 g/mol. The predicted octanol–water partition coefficient (Wildman–Crippen LogP) is 4.41. The average molecular weight is 436 g/mol. The largest absolute Gasteiger partial charge is 0.492 e. The molecule has 0 aliphatic carbocycles. The molecule has 6 nitrogen and oxygen atoms in total. The minimum atomic E-state index is -0.336. The van der Waals surface area contributed by atoms with Gasteiger partial charge in [-0.1, -0.05) is 24.3 Å². The second kappa shape index (κ2) is 8.30. The highest BCUT2D eigenvalue weighted by atomic mass is 32.1. The van der Waals surface area contributed by atoms with Gasteiger partial charge in [-0.3, -0.25) is 9.59 Å². The van der Waals surface area contributed by atoms with Crippen molar-refractivity contribution in [3.8, 4) is 5.75 Å². The smallest absolute Gasteiger partial charge is 0.228 e. The summed E-state index contributed by atoms with van der Waals surface area (Å²) in [6, 6.07) is 15.6. The van der Waals surface area contributed by atoms with Crippen LogP contribution in [-0.4, -0.2) is 41.4 Å². The normalized spacial score (nSPS) is 21.3. The van der Waals surface area contributed by atoms with Gasteiger partial charge < -0.3 is 14.5 Å². The summed E-state index contributed by atoms with van der Waals surface area (Å²) in [5.41, 5.74) is 1.73. The molecule has 2 aromatic carbocycles. The Hall–Kier alpha value is -2.93. The van der Waals surface area contributed by atoms with Crippen LogP contribution < -0.4 is 9.64 Å². The average Bonchev–Trinajstić information content (AvgIpc) is 3.51. The standard InChI is InChI=1S/C24H25N3O3S/c1-2-30-20-11-5-4-9-18(20)27-15-16(14-22(27)28)24(29)26-13-7-10-19(26)23-25-17-8-3-6-12-21(17)31-23/h3-6,8-9,11-12,16,19H,2,7,10,13-15H2,1H3. The van der Waals surface area contributed by atoms with Crippen molar-refractivity contribution in [3.05, 3.63) is 53.5 Å².